The third-order valence-corrected chi connectivity index (χ3v) is 3.18. The maximum atomic E-state index is 11.3. The smallest absolute Gasteiger partial charge is 0.320 e. The van der Waals surface area contributed by atoms with Crippen LogP contribution >= 0.6 is 0 Å². The molecule has 0 radical (unpaired) electrons. The third-order valence-electron chi connectivity index (χ3n) is 3.18. The number of nitrogens with one attached hydrogen (secondary N) is 2. The minimum atomic E-state index is -3.05. The molecule has 0 aliphatic heterocycles. The van der Waals surface area contributed by atoms with Gasteiger partial charge in [0.15, 0.2) is 0 Å². The number of aliphatic carboxylic acids is 2. The van der Waals surface area contributed by atoms with Crippen molar-refractivity contribution < 1.29 is 32.5 Å². The number of carbonyl (C=O) groups excluding carboxylic acids is 1. The summed E-state index contributed by atoms with van der Waals surface area (Å²) < 4.78 is 42.9. The number of carboxylic acids is 2. The van der Waals surface area contributed by atoms with Crippen LogP contribution in [0.15, 0.2) is 25.0 Å². The van der Waals surface area contributed by atoms with Crippen molar-refractivity contribution in [2.24, 2.45) is 5.73 Å². The number of rotatable bonds is 7. The Morgan fingerprint density at radius 3 is 2.16 bits per heavy atom. The third kappa shape index (κ3) is 7.14. The van der Waals surface area contributed by atoms with Crippen molar-refractivity contribution in [1.29, 1.82) is 0 Å². The molecule has 10 nitrogen and oxygen atoms in total. The average molecular weight is 358 g/mol. The first-order valence-corrected chi connectivity index (χ1v) is 7.11. The normalized spacial score (nSPS) is 18.0. The Balaban J connectivity index is 0.000000367. The Hall–Kier alpha value is -2.72. The molecule has 0 amide bonds. The number of imidazole rings is 2. The number of nitrogens with two attached hydrogens (primary N) is 1. The van der Waals surface area contributed by atoms with Crippen LogP contribution in [0.2, 0.25) is 0 Å². The van der Waals surface area contributed by atoms with Crippen molar-refractivity contribution in [2.75, 3.05) is 21.0 Å². The molecule has 2 aromatic heterocycles. The highest BCUT2D eigenvalue weighted by molar-refractivity contribution is 5.73. The molecule has 2 atom stereocenters. The quantitative estimate of drug-likeness (QED) is 0.422. The molecule has 2 heterocycles. The topological polar surface area (TPSA) is 161 Å². The summed E-state index contributed by atoms with van der Waals surface area (Å²) >= 11 is 0. The Morgan fingerprint density at radius 1 is 1.28 bits per heavy atom. The monoisotopic (exact) mass is 358 g/mol. The first-order valence-electron chi connectivity index (χ1n) is 10.1. The summed E-state index contributed by atoms with van der Waals surface area (Å²) in [6.45, 7) is -6.09. The van der Waals surface area contributed by atoms with E-state index in [1.807, 2.05) is 0 Å². The number of nitrogens with zero attached hydrogens (tertiary/aromatic N) is 3. The number of carboxylic acid groups (broad SMARTS) is 2. The lowest BCUT2D eigenvalue weighted by atomic mass is 10.1. The van der Waals surface area contributed by atoms with Gasteiger partial charge >= 0.3 is 5.97 Å². The zero-order valence-corrected chi connectivity index (χ0v) is 13.5. The summed E-state index contributed by atoms with van der Waals surface area (Å²) in [4.78, 5) is 34.4. The number of hydrogen-bond acceptors (Lipinski definition) is 6. The first-order chi connectivity index (χ1) is 14.1. The molecule has 10 heteroatoms. The molecule has 0 aromatic carbocycles. The molecule has 0 saturated heterocycles. The second-order valence-corrected chi connectivity index (χ2v) is 5.42. The van der Waals surface area contributed by atoms with Crippen LogP contribution in [0.1, 0.15) is 19.6 Å². The van der Waals surface area contributed by atoms with Gasteiger partial charge in [0.1, 0.15) is 12.1 Å². The predicted octanol–water partition coefficient (Wildman–Crippen LogP) is -1.86. The maximum Gasteiger partial charge on any atom is 0.320 e. The lowest BCUT2D eigenvalue weighted by molar-refractivity contribution is -0.889. The van der Waals surface area contributed by atoms with E-state index in [9.17, 15) is 14.7 Å². The van der Waals surface area contributed by atoms with E-state index in [1.165, 1.54) is 18.9 Å². The summed E-state index contributed by atoms with van der Waals surface area (Å²) in [7, 11) is 0.872. The van der Waals surface area contributed by atoms with E-state index in [-0.39, 0.29) is 12.8 Å². The summed E-state index contributed by atoms with van der Waals surface area (Å²) in [5.74, 6) is -2.74. The van der Waals surface area contributed by atoms with Crippen LogP contribution < -0.4 is 10.8 Å². The molecule has 2 aromatic rings. The van der Waals surface area contributed by atoms with Crippen molar-refractivity contribution in [1.82, 2.24) is 19.9 Å². The lowest BCUT2D eigenvalue weighted by Crippen LogP contribution is -2.55. The molecule has 138 valence electrons. The van der Waals surface area contributed by atoms with Crippen LogP contribution in [0.5, 0.6) is 0 Å². The molecule has 0 spiro atoms. The summed E-state index contributed by atoms with van der Waals surface area (Å²) in [5.41, 5.74) is 6.31. The fraction of sp³-hybridized carbons (Fsp3) is 0.467. The van der Waals surface area contributed by atoms with Crippen molar-refractivity contribution in [3.05, 3.63) is 36.4 Å². The Bertz CT molecular complexity index is 823. The zero-order chi connectivity index (χ0) is 24.0. The van der Waals surface area contributed by atoms with Gasteiger partial charge in [-0.15, -0.1) is 0 Å². The van der Waals surface area contributed by atoms with Crippen molar-refractivity contribution in [2.45, 2.75) is 24.9 Å². The molecule has 0 aliphatic carbocycles. The molecule has 0 saturated carbocycles. The predicted molar refractivity (Wildman–Crippen MR) is 87.0 cm³/mol. The van der Waals surface area contributed by atoms with Crippen LogP contribution in [0.3, 0.4) is 0 Å². The van der Waals surface area contributed by atoms with Gasteiger partial charge in [-0.25, -0.2) is 9.97 Å². The summed E-state index contributed by atoms with van der Waals surface area (Å²) in [6, 6.07) is -2.62. The molecular weight excluding hydrogens is 328 g/mol. The van der Waals surface area contributed by atoms with Crippen LogP contribution in [-0.4, -0.2) is 74.5 Å². The molecule has 0 bridgehead atoms. The van der Waals surface area contributed by atoms with E-state index in [0.29, 0.717) is 5.69 Å². The number of carbonyl (C=O) groups is 2. The van der Waals surface area contributed by atoms with Gasteiger partial charge in [-0.1, -0.05) is 0 Å². The SMILES string of the molecule is N[C@@H](Cc1cnc[nH]1)C(=O)O.[2H]C([2H])([2H])[N+](C)([C@@H](Cc1cnc[nH]1)C(=O)[O-])C([2H])([2H])[2H]. The average Bonchev–Trinajstić information content (AvgIpc) is 3.31. The fourth-order valence-corrected chi connectivity index (χ4v) is 1.80. The number of aromatic amines is 2. The molecule has 0 aliphatic rings. The van der Waals surface area contributed by atoms with E-state index in [2.05, 4.69) is 19.9 Å². The molecular formula is C15H24N6O4. The van der Waals surface area contributed by atoms with E-state index in [1.54, 1.807) is 6.20 Å². The molecule has 5 N–H and O–H groups in total. The van der Waals surface area contributed by atoms with Crippen LogP contribution in [0, 0.1) is 0 Å². The second kappa shape index (κ2) is 8.94. The van der Waals surface area contributed by atoms with Crippen LogP contribution in [0.4, 0.5) is 0 Å². The fourth-order valence-electron chi connectivity index (χ4n) is 1.80. The van der Waals surface area contributed by atoms with Gasteiger partial charge in [-0.3, -0.25) is 4.79 Å². The van der Waals surface area contributed by atoms with E-state index in [4.69, 9.17) is 19.1 Å². The number of quaternary nitrogens is 1. The highest BCUT2D eigenvalue weighted by Crippen LogP contribution is 2.08. The highest BCUT2D eigenvalue weighted by atomic mass is 16.4. The van der Waals surface area contributed by atoms with E-state index >= 15 is 0 Å². The van der Waals surface area contributed by atoms with Crippen LogP contribution in [-0.2, 0) is 22.4 Å². The van der Waals surface area contributed by atoms with Crippen LogP contribution in [0.25, 0.3) is 0 Å². The molecule has 0 unspecified atom stereocenters. The van der Waals surface area contributed by atoms with E-state index in [0.717, 1.165) is 12.7 Å². The molecule has 0 fully saturated rings. The zero-order valence-electron chi connectivity index (χ0n) is 19.5. The summed E-state index contributed by atoms with van der Waals surface area (Å²) in [6.07, 6.45) is 5.59. The Kier molecular flexibility index (Phi) is 4.51. The van der Waals surface area contributed by atoms with E-state index < -0.39 is 42.5 Å². The number of hydrogen-bond donors (Lipinski definition) is 4. The van der Waals surface area contributed by atoms with Gasteiger partial charge in [-0.2, -0.15) is 0 Å². The molecule has 25 heavy (non-hydrogen) atoms. The maximum absolute atomic E-state index is 11.3. The van der Waals surface area contributed by atoms with Gasteiger partial charge in [0.2, 0.25) is 0 Å². The second-order valence-electron chi connectivity index (χ2n) is 5.42. The Morgan fingerprint density at radius 2 is 1.80 bits per heavy atom. The number of likely N-dealkylation sites (N-methyl/N-ethyl adjacent to an activating group) is 1. The van der Waals surface area contributed by atoms with Crippen molar-refractivity contribution >= 4 is 11.9 Å². The van der Waals surface area contributed by atoms with Gasteiger partial charge in [0.05, 0.1) is 47.8 Å². The molecule has 2 rings (SSSR count). The minimum absolute atomic E-state index is 0.287. The standard InChI is InChI=1S/C9H15N3O2.C6H9N3O2/c1-12(2,3)8(9(13)14)4-7-5-10-6-11-7;7-5(6(10)11)1-4-2-8-3-9-4/h5-6,8H,4H2,1-3H3,(H-,10,11,13,14);2-3,5H,1,7H2,(H,8,9)(H,10,11)/t8-;5-/m00/s1/i1D3,2D3;. The lowest BCUT2D eigenvalue weighted by Gasteiger charge is -2.34. The minimum Gasteiger partial charge on any atom is -0.544 e. The highest BCUT2D eigenvalue weighted by Gasteiger charge is 2.25. The van der Waals surface area contributed by atoms with Crippen molar-refractivity contribution in [3.8, 4) is 0 Å². The Labute approximate surface area is 153 Å². The first kappa shape index (κ1) is 12.6. The van der Waals surface area contributed by atoms with Gasteiger partial charge < -0.3 is 35.2 Å². The number of H-pyrrole nitrogens is 2. The van der Waals surface area contributed by atoms with Gasteiger partial charge in [-0.05, 0) is 0 Å². The number of aromatic nitrogens is 4. The summed E-state index contributed by atoms with van der Waals surface area (Å²) in [5, 5.41) is 19.7. The van der Waals surface area contributed by atoms with Crippen molar-refractivity contribution in [3.63, 3.8) is 0 Å². The van der Waals surface area contributed by atoms with Gasteiger partial charge in [0.25, 0.3) is 0 Å². The van der Waals surface area contributed by atoms with Gasteiger partial charge in [0, 0.05) is 36.6 Å². The largest absolute Gasteiger partial charge is 0.544 e.